The van der Waals surface area contributed by atoms with Crippen LogP contribution in [0, 0.1) is 0 Å². The van der Waals surface area contributed by atoms with Crippen LogP contribution in [0.15, 0.2) is 91.0 Å². The van der Waals surface area contributed by atoms with Crippen LogP contribution in [-0.2, 0) is 0 Å². The maximum absolute atomic E-state index is 12.3. The zero-order chi connectivity index (χ0) is 18.6. The Hall–Kier alpha value is -3.79. The van der Waals surface area contributed by atoms with Crippen molar-refractivity contribution in [3.63, 3.8) is 0 Å². The molecule has 27 heavy (non-hydrogen) atoms. The first-order chi connectivity index (χ1) is 13.2. The van der Waals surface area contributed by atoms with Gasteiger partial charge in [0.15, 0.2) is 0 Å². The normalized spacial score (nSPS) is 10.5. The van der Waals surface area contributed by atoms with Crippen LogP contribution in [0.4, 0.5) is 5.69 Å². The highest BCUT2D eigenvalue weighted by atomic mass is 16.5. The average molecular weight is 355 g/mol. The van der Waals surface area contributed by atoms with E-state index in [-0.39, 0.29) is 11.7 Å². The number of para-hydroxylation sites is 2. The van der Waals surface area contributed by atoms with Crippen molar-refractivity contribution in [3.8, 4) is 17.2 Å². The molecule has 0 saturated heterocycles. The van der Waals surface area contributed by atoms with Crippen LogP contribution >= 0.6 is 0 Å². The lowest BCUT2D eigenvalue weighted by Crippen LogP contribution is -2.11. The summed E-state index contributed by atoms with van der Waals surface area (Å²) in [4.78, 5) is 12.3. The van der Waals surface area contributed by atoms with E-state index < -0.39 is 0 Å². The molecule has 4 aromatic rings. The Labute approximate surface area is 156 Å². The number of ether oxygens (including phenoxy) is 1. The van der Waals surface area contributed by atoms with Gasteiger partial charge in [-0.15, -0.1) is 0 Å². The lowest BCUT2D eigenvalue weighted by atomic mass is 10.1. The highest BCUT2D eigenvalue weighted by Crippen LogP contribution is 2.26. The molecule has 0 radical (unpaired) electrons. The van der Waals surface area contributed by atoms with Crippen molar-refractivity contribution in [1.82, 2.24) is 0 Å². The fourth-order valence-corrected chi connectivity index (χ4v) is 2.82. The number of nitrogens with one attached hydrogen (secondary N) is 1. The van der Waals surface area contributed by atoms with Gasteiger partial charge in [0, 0.05) is 5.56 Å². The number of phenols is 1. The summed E-state index contributed by atoms with van der Waals surface area (Å²) in [6, 6.07) is 27.5. The lowest BCUT2D eigenvalue weighted by molar-refractivity contribution is 0.102. The third-order valence-corrected chi connectivity index (χ3v) is 4.23. The molecule has 0 aliphatic heterocycles. The molecular weight excluding hydrogens is 338 g/mol. The molecule has 0 unspecified atom stereocenters. The summed E-state index contributed by atoms with van der Waals surface area (Å²) in [6.07, 6.45) is 0. The van der Waals surface area contributed by atoms with Crippen molar-refractivity contribution in [1.29, 1.82) is 0 Å². The Bertz CT molecular complexity index is 1100. The van der Waals surface area contributed by atoms with Gasteiger partial charge in [-0.1, -0.05) is 42.5 Å². The molecule has 1 amide bonds. The van der Waals surface area contributed by atoms with Crippen molar-refractivity contribution < 1.29 is 14.6 Å². The molecule has 0 bridgehead atoms. The smallest absolute Gasteiger partial charge is 0.255 e. The zero-order valence-electron chi connectivity index (χ0n) is 14.4. The van der Waals surface area contributed by atoms with E-state index in [1.807, 2.05) is 36.4 Å². The van der Waals surface area contributed by atoms with Gasteiger partial charge >= 0.3 is 0 Å². The number of phenolic OH excluding ortho intramolecular Hbond substituents is 1. The molecule has 4 rings (SSSR count). The molecule has 0 heterocycles. The van der Waals surface area contributed by atoms with E-state index in [9.17, 15) is 9.90 Å². The first kappa shape index (κ1) is 16.7. The highest BCUT2D eigenvalue weighted by Gasteiger charge is 2.09. The summed E-state index contributed by atoms with van der Waals surface area (Å²) in [5.41, 5.74) is 0.850. The fraction of sp³-hybridized carbons (Fsp3) is 0. The van der Waals surface area contributed by atoms with Gasteiger partial charge in [0.2, 0.25) is 0 Å². The number of fused-ring (bicyclic) bond motifs is 1. The Morgan fingerprint density at radius 1 is 0.741 bits per heavy atom. The number of carbonyl (C=O) groups is 1. The maximum Gasteiger partial charge on any atom is 0.255 e. The van der Waals surface area contributed by atoms with Crippen LogP contribution < -0.4 is 10.1 Å². The van der Waals surface area contributed by atoms with Gasteiger partial charge in [-0.3, -0.25) is 4.79 Å². The number of carbonyl (C=O) groups excluding carboxylic acids is 1. The van der Waals surface area contributed by atoms with Crippen molar-refractivity contribution in [3.05, 3.63) is 96.6 Å². The van der Waals surface area contributed by atoms with E-state index in [4.69, 9.17) is 4.74 Å². The second kappa shape index (κ2) is 7.22. The molecular formula is C23H17NO3. The number of anilines is 1. The van der Waals surface area contributed by atoms with Crippen LogP contribution in [0.2, 0.25) is 0 Å². The van der Waals surface area contributed by atoms with Crippen LogP contribution in [0.25, 0.3) is 10.8 Å². The molecule has 4 heteroatoms. The zero-order valence-corrected chi connectivity index (χ0v) is 14.4. The summed E-state index contributed by atoms with van der Waals surface area (Å²) in [7, 11) is 0. The predicted octanol–water partition coefficient (Wildman–Crippen LogP) is 5.59. The number of aromatic hydroxyl groups is 1. The third kappa shape index (κ3) is 3.75. The molecule has 0 aliphatic carbocycles. The predicted molar refractivity (Wildman–Crippen MR) is 107 cm³/mol. The summed E-state index contributed by atoms with van der Waals surface area (Å²) in [6.45, 7) is 0. The third-order valence-electron chi connectivity index (χ3n) is 4.23. The van der Waals surface area contributed by atoms with Crippen LogP contribution in [-0.4, -0.2) is 11.0 Å². The first-order valence-corrected chi connectivity index (χ1v) is 8.55. The quantitative estimate of drug-likeness (QED) is 0.469. The lowest BCUT2D eigenvalue weighted by Gasteiger charge is -2.09. The fourth-order valence-electron chi connectivity index (χ4n) is 2.82. The molecule has 0 aliphatic rings. The standard InChI is InChI=1S/C23H17NO3/c25-22-8-4-3-7-21(22)24-23(26)17-10-12-19(13-11-17)27-20-14-9-16-5-1-2-6-18(16)15-20/h1-15,25H,(H,24,26). The largest absolute Gasteiger partial charge is 0.506 e. The highest BCUT2D eigenvalue weighted by molar-refractivity contribution is 6.05. The molecule has 0 spiro atoms. The Kier molecular flexibility index (Phi) is 4.45. The SMILES string of the molecule is O=C(Nc1ccccc1O)c1ccc(Oc2ccc3ccccc3c2)cc1. The van der Waals surface area contributed by atoms with E-state index >= 15 is 0 Å². The Morgan fingerprint density at radius 3 is 2.19 bits per heavy atom. The molecule has 2 N–H and O–H groups in total. The van der Waals surface area contributed by atoms with E-state index in [0.29, 0.717) is 17.0 Å². The van der Waals surface area contributed by atoms with E-state index in [1.165, 1.54) is 6.07 Å². The van der Waals surface area contributed by atoms with Crippen molar-refractivity contribution in [2.24, 2.45) is 0 Å². The summed E-state index contributed by atoms with van der Waals surface area (Å²) < 4.78 is 5.89. The Morgan fingerprint density at radius 2 is 1.41 bits per heavy atom. The molecule has 0 fully saturated rings. The van der Waals surface area contributed by atoms with E-state index in [1.54, 1.807) is 42.5 Å². The molecule has 132 valence electrons. The average Bonchev–Trinajstić information content (AvgIpc) is 2.70. The van der Waals surface area contributed by atoms with Gasteiger partial charge in [-0.2, -0.15) is 0 Å². The number of hydrogen-bond donors (Lipinski definition) is 2. The maximum atomic E-state index is 12.3. The van der Waals surface area contributed by atoms with Gasteiger partial charge < -0.3 is 15.2 Å². The second-order valence-electron chi connectivity index (χ2n) is 6.11. The van der Waals surface area contributed by atoms with Crippen molar-refractivity contribution in [2.45, 2.75) is 0 Å². The van der Waals surface area contributed by atoms with Gasteiger partial charge in [-0.05, 0) is 59.3 Å². The van der Waals surface area contributed by atoms with Crippen LogP contribution in [0.1, 0.15) is 10.4 Å². The minimum absolute atomic E-state index is 0.0297. The second-order valence-corrected chi connectivity index (χ2v) is 6.11. The molecule has 0 aromatic heterocycles. The monoisotopic (exact) mass is 355 g/mol. The van der Waals surface area contributed by atoms with Gasteiger partial charge in [0.25, 0.3) is 5.91 Å². The topological polar surface area (TPSA) is 58.6 Å². The van der Waals surface area contributed by atoms with E-state index in [2.05, 4.69) is 11.4 Å². The van der Waals surface area contributed by atoms with E-state index in [0.717, 1.165) is 16.5 Å². The summed E-state index contributed by atoms with van der Waals surface area (Å²) >= 11 is 0. The summed E-state index contributed by atoms with van der Waals surface area (Å²) in [5.74, 6) is 1.11. The minimum atomic E-state index is -0.297. The van der Waals surface area contributed by atoms with Crippen molar-refractivity contribution >= 4 is 22.4 Å². The minimum Gasteiger partial charge on any atom is -0.506 e. The number of hydrogen-bond acceptors (Lipinski definition) is 3. The Balaban J connectivity index is 1.48. The number of amides is 1. The van der Waals surface area contributed by atoms with Gasteiger partial charge in [-0.25, -0.2) is 0 Å². The molecule has 0 saturated carbocycles. The van der Waals surface area contributed by atoms with Crippen LogP contribution in [0.5, 0.6) is 17.2 Å². The molecule has 4 aromatic carbocycles. The van der Waals surface area contributed by atoms with Gasteiger partial charge in [0.05, 0.1) is 5.69 Å². The first-order valence-electron chi connectivity index (χ1n) is 8.55. The van der Waals surface area contributed by atoms with Crippen LogP contribution in [0.3, 0.4) is 0 Å². The van der Waals surface area contributed by atoms with Crippen molar-refractivity contribution in [2.75, 3.05) is 5.32 Å². The molecule has 4 nitrogen and oxygen atoms in total. The number of rotatable bonds is 4. The summed E-state index contributed by atoms with van der Waals surface area (Å²) in [5, 5.41) is 14.7. The van der Waals surface area contributed by atoms with Gasteiger partial charge in [0.1, 0.15) is 17.2 Å². The molecule has 0 atom stereocenters. The number of benzene rings is 4.